The molecule has 0 saturated heterocycles. The first-order valence-electron chi connectivity index (χ1n) is 6.72. The molecule has 0 aliphatic rings. The number of nitrogens with zero attached hydrogens (tertiary/aromatic N) is 1. The fraction of sp³-hybridized carbons (Fsp3) is 0.533. The highest BCUT2D eigenvalue weighted by Gasteiger charge is 2.27. The summed E-state index contributed by atoms with van der Waals surface area (Å²) in [4.78, 5) is 14.0. The Labute approximate surface area is 124 Å². The molecule has 0 aromatic heterocycles. The third kappa shape index (κ3) is 4.68. The van der Waals surface area contributed by atoms with Crippen LogP contribution in [-0.2, 0) is 4.74 Å². The van der Waals surface area contributed by atoms with Crippen LogP contribution in [0, 0.1) is 5.82 Å². The van der Waals surface area contributed by atoms with Crippen LogP contribution in [0.1, 0.15) is 23.7 Å². The first-order valence-corrected chi connectivity index (χ1v) is 6.72. The number of amides is 1. The highest BCUT2D eigenvalue weighted by molar-refractivity contribution is 5.95. The predicted molar refractivity (Wildman–Crippen MR) is 80.2 cm³/mol. The van der Waals surface area contributed by atoms with Crippen molar-refractivity contribution in [2.45, 2.75) is 18.9 Å². The molecule has 1 unspecified atom stereocenters. The van der Waals surface area contributed by atoms with Crippen LogP contribution in [0.5, 0.6) is 0 Å². The molecular formula is C15H23FN2O3. The highest BCUT2D eigenvalue weighted by atomic mass is 19.1. The third-order valence-corrected chi connectivity index (χ3v) is 3.26. The van der Waals surface area contributed by atoms with Gasteiger partial charge in [0.05, 0.1) is 17.7 Å². The van der Waals surface area contributed by atoms with Crippen molar-refractivity contribution < 1.29 is 19.0 Å². The van der Waals surface area contributed by atoms with Crippen molar-refractivity contribution in [1.82, 2.24) is 5.32 Å². The minimum atomic E-state index is -0.743. The van der Waals surface area contributed by atoms with E-state index in [0.717, 1.165) is 0 Å². The molecule has 0 fully saturated rings. The highest BCUT2D eigenvalue weighted by Crippen LogP contribution is 2.18. The zero-order chi connectivity index (χ0) is 16.0. The summed E-state index contributed by atoms with van der Waals surface area (Å²) in [6.45, 7) is 1.88. The number of ether oxygens (including phenoxy) is 1. The Morgan fingerprint density at radius 2 is 2.14 bits per heavy atom. The van der Waals surface area contributed by atoms with Gasteiger partial charge in [0.1, 0.15) is 5.82 Å². The van der Waals surface area contributed by atoms with E-state index in [-0.39, 0.29) is 18.8 Å². The molecule has 6 heteroatoms. The molecule has 1 amide bonds. The quantitative estimate of drug-likeness (QED) is 0.799. The van der Waals surface area contributed by atoms with Crippen molar-refractivity contribution in [3.63, 3.8) is 0 Å². The largest absolute Gasteiger partial charge is 0.396 e. The predicted octanol–water partition coefficient (Wildman–Crippen LogP) is 1.41. The van der Waals surface area contributed by atoms with Crippen LogP contribution in [-0.4, -0.2) is 51.0 Å². The fourth-order valence-corrected chi connectivity index (χ4v) is 2.04. The van der Waals surface area contributed by atoms with E-state index < -0.39 is 17.3 Å². The topological polar surface area (TPSA) is 61.8 Å². The van der Waals surface area contributed by atoms with Crippen molar-refractivity contribution in [2.75, 3.05) is 39.3 Å². The molecule has 1 rings (SSSR count). The fourth-order valence-electron chi connectivity index (χ4n) is 2.04. The lowest BCUT2D eigenvalue weighted by molar-refractivity contribution is 0.0722. The maximum absolute atomic E-state index is 14.0. The van der Waals surface area contributed by atoms with E-state index in [4.69, 9.17) is 9.84 Å². The Balaban J connectivity index is 2.92. The van der Waals surface area contributed by atoms with Crippen molar-refractivity contribution in [2.24, 2.45) is 0 Å². The normalized spacial score (nSPS) is 13.6. The second-order valence-electron chi connectivity index (χ2n) is 5.48. The van der Waals surface area contributed by atoms with Crippen molar-refractivity contribution >= 4 is 11.6 Å². The van der Waals surface area contributed by atoms with Gasteiger partial charge in [-0.25, -0.2) is 4.39 Å². The summed E-state index contributed by atoms with van der Waals surface area (Å²) in [6, 6.07) is 4.44. The minimum absolute atomic E-state index is 0.0270. The molecule has 1 aromatic carbocycles. The summed E-state index contributed by atoms with van der Waals surface area (Å²) in [5.74, 6) is -1.10. The van der Waals surface area contributed by atoms with Gasteiger partial charge in [-0.2, -0.15) is 0 Å². The number of anilines is 1. The Kier molecular flexibility index (Phi) is 6.11. The summed E-state index contributed by atoms with van der Waals surface area (Å²) < 4.78 is 19.1. The van der Waals surface area contributed by atoms with Crippen LogP contribution in [0.3, 0.4) is 0 Å². The van der Waals surface area contributed by atoms with Gasteiger partial charge in [-0.1, -0.05) is 0 Å². The Morgan fingerprint density at radius 1 is 1.48 bits per heavy atom. The SMILES string of the molecule is COCC(C)(CCO)NC(=O)c1ccc(N(C)C)cc1F. The Morgan fingerprint density at radius 3 is 2.62 bits per heavy atom. The van der Waals surface area contributed by atoms with Gasteiger partial charge in [0.25, 0.3) is 5.91 Å². The average molecular weight is 298 g/mol. The number of aliphatic hydroxyl groups excluding tert-OH is 1. The van der Waals surface area contributed by atoms with Gasteiger partial charge >= 0.3 is 0 Å². The smallest absolute Gasteiger partial charge is 0.254 e. The first-order chi connectivity index (χ1) is 9.83. The molecule has 0 aliphatic heterocycles. The molecular weight excluding hydrogens is 275 g/mol. The molecule has 0 bridgehead atoms. The van der Waals surface area contributed by atoms with Gasteiger partial charge in [-0.05, 0) is 31.5 Å². The summed E-state index contributed by atoms with van der Waals surface area (Å²) in [5.41, 5.74) is -0.0901. The van der Waals surface area contributed by atoms with Crippen molar-refractivity contribution in [1.29, 1.82) is 0 Å². The molecule has 1 atom stereocenters. The van der Waals surface area contributed by atoms with E-state index in [1.165, 1.54) is 19.2 Å². The number of halogens is 1. The van der Waals surface area contributed by atoms with Crippen LogP contribution < -0.4 is 10.2 Å². The lowest BCUT2D eigenvalue weighted by Gasteiger charge is -2.29. The number of aliphatic hydroxyl groups is 1. The second-order valence-corrected chi connectivity index (χ2v) is 5.48. The lowest BCUT2D eigenvalue weighted by atomic mass is 9.98. The van der Waals surface area contributed by atoms with Gasteiger partial charge in [0.15, 0.2) is 0 Å². The standard InChI is InChI=1S/C15H23FN2O3/c1-15(7-8-19,10-21-4)17-14(20)12-6-5-11(18(2)3)9-13(12)16/h5-6,9,19H,7-8,10H2,1-4H3,(H,17,20). The number of nitrogens with one attached hydrogen (secondary N) is 1. The van der Waals surface area contributed by atoms with Gasteiger partial charge in [-0.3, -0.25) is 4.79 Å². The number of hydrogen-bond acceptors (Lipinski definition) is 4. The van der Waals surface area contributed by atoms with Crippen molar-refractivity contribution in [3.05, 3.63) is 29.6 Å². The van der Waals surface area contributed by atoms with Crippen LogP contribution in [0.25, 0.3) is 0 Å². The van der Waals surface area contributed by atoms with Crippen LogP contribution in [0.4, 0.5) is 10.1 Å². The molecule has 2 N–H and O–H groups in total. The number of hydrogen-bond donors (Lipinski definition) is 2. The van der Waals surface area contributed by atoms with Crippen LogP contribution in [0.15, 0.2) is 18.2 Å². The number of benzene rings is 1. The van der Waals surface area contributed by atoms with Gasteiger partial charge in [0.2, 0.25) is 0 Å². The number of carbonyl (C=O) groups excluding carboxylic acids is 1. The number of methoxy groups -OCH3 is 1. The zero-order valence-corrected chi connectivity index (χ0v) is 12.9. The molecule has 0 radical (unpaired) electrons. The van der Waals surface area contributed by atoms with E-state index in [0.29, 0.717) is 12.1 Å². The van der Waals surface area contributed by atoms with Gasteiger partial charge in [-0.15, -0.1) is 0 Å². The van der Waals surface area contributed by atoms with Gasteiger partial charge in [0, 0.05) is 33.5 Å². The summed E-state index contributed by atoms with van der Waals surface area (Å²) in [5, 5.41) is 11.8. The summed E-state index contributed by atoms with van der Waals surface area (Å²) in [6.07, 6.45) is 0.323. The Hall–Kier alpha value is -1.66. The molecule has 5 nitrogen and oxygen atoms in total. The molecule has 0 spiro atoms. The van der Waals surface area contributed by atoms with Crippen molar-refractivity contribution in [3.8, 4) is 0 Å². The van der Waals surface area contributed by atoms with E-state index in [1.54, 1.807) is 32.0 Å². The maximum Gasteiger partial charge on any atom is 0.254 e. The molecule has 118 valence electrons. The second kappa shape index (κ2) is 7.38. The van der Waals surface area contributed by atoms with Crippen LogP contribution >= 0.6 is 0 Å². The molecule has 0 heterocycles. The third-order valence-electron chi connectivity index (χ3n) is 3.26. The van der Waals surface area contributed by atoms with E-state index in [2.05, 4.69) is 5.32 Å². The molecule has 0 saturated carbocycles. The number of rotatable bonds is 7. The maximum atomic E-state index is 14.0. The number of carbonyl (C=O) groups is 1. The molecule has 21 heavy (non-hydrogen) atoms. The van der Waals surface area contributed by atoms with E-state index in [1.807, 2.05) is 0 Å². The molecule has 1 aromatic rings. The monoisotopic (exact) mass is 298 g/mol. The Bertz CT molecular complexity index is 486. The van der Waals surface area contributed by atoms with E-state index in [9.17, 15) is 9.18 Å². The van der Waals surface area contributed by atoms with E-state index >= 15 is 0 Å². The average Bonchev–Trinajstić information content (AvgIpc) is 2.38. The lowest BCUT2D eigenvalue weighted by Crippen LogP contribution is -2.50. The van der Waals surface area contributed by atoms with Crippen LogP contribution in [0.2, 0.25) is 0 Å². The minimum Gasteiger partial charge on any atom is -0.396 e. The molecule has 0 aliphatic carbocycles. The first kappa shape index (κ1) is 17.4. The summed E-state index contributed by atoms with van der Waals surface area (Å²) >= 11 is 0. The zero-order valence-electron chi connectivity index (χ0n) is 12.9. The summed E-state index contributed by atoms with van der Waals surface area (Å²) in [7, 11) is 5.10. The van der Waals surface area contributed by atoms with Gasteiger partial charge < -0.3 is 20.1 Å².